The maximum absolute atomic E-state index is 13.3. The number of carbonyl (C=O) groups is 1. The first-order chi connectivity index (χ1) is 11.1. The van der Waals surface area contributed by atoms with E-state index in [4.69, 9.17) is 0 Å². The van der Waals surface area contributed by atoms with E-state index in [1.807, 2.05) is 0 Å². The standard InChI is InChI=1S/C15H15F3N2O4/c1-7-11(14(21)22)12(13(20(23)24)8(2)19-7)9-5-3-4-6-10(9)15(16,17)18/h3-6,12,19-20,23H,1-2H3,(H,21,22). The lowest BCUT2D eigenvalue weighted by Gasteiger charge is -2.32. The predicted molar refractivity (Wildman–Crippen MR) is 76.5 cm³/mol. The van der Waals surface area contributed by atoms with Gasteiger partial charge in [0.05, 0.1) is 22.8 Å². The highest BCUT2D eigenvalue weighted by Crippen LogP contribution is 2.42. The Kier molecular flexibility index (Phi) is 4.70. The first kappa shape index (κ1) is 18.0. The summed E-state index contributed by atoms with van der Waals surface area (Å²) in [5.74, 6) is -3.01. The van der Waals surface area contributed by atoms with E-state index < -0.39 is 45.7 Å². The van der Waals surface area contributed by atoms with E-state index in [-0.39, 0.29) is 11.4 Å². The van der Waals surface area contributed by atoms with Crippen LogP contribution in [-0.2, 0) is 11.0 Å². The average molecular weight is 344 g/mol. The second-order valence-corrected chi connectivity index (χ2v) is 5.33. The molecule has 0 spiro atoms. The van der Waals surface area contributed by atoms with Crippen molar-refractivity contribution in [3.63, 3.8) is 0 Å². The van der Waals surface area contributed by atoms with Crippen LogP contribution in [-0.4, -0.2) is 16.3 Å². The zero-order valence-corrected chi connectivity index (χ0v) is 12.7. The second-order valence-electron chi connectivity index (χ2n) is 5.33. The summed E-state index contributed by atoms with van der Waals surface area (Å²) < 4.78 is 39.9. The minimum atomic E-state index is -4.74. The monoisotopic (exact) mass is 344 g/mol. The van der Waals surface area contributed by atoms with E-state index in [9.17, 15) is 33.5 Å². The molecule has 9 heteroatoms. The van der Waals surface area contributed by atoms with Gasteiger partial charge in [0.15, 0.2) is 5.70 Å². The van der Waals surface area contributed by atoms with Gasteiger partial charge in [-0.1, -0.05) is 18.2 Å². The highest BCUT2D eigenvalue weighted by molar-refractivity contribution is 5.90. The highest BCUT2D eigenvalue weighted by Gasteiger charge is 2.43. The fourth-order valence-corrected chi connectivity index (χ4v) is 2.88. The van der Waals surface area contributed by atoms with Gasteiger partial charge in [-0.3, -0.25) is 0 Å². The topological polar surface area (TPSA) is 97.1 Å². The van der Waals surface area contributed by atoms with Gasteiger partial charge in [0, 0.05) is 5.70 Å². The van der Waals surface area contributed by atoms with E-state index in [0.29, 0.717) is 0 Å². The van der Waals surface area contributed by atoms with Crippen molar-refractivity contribution in [3.05, 3.63) is 63.3 Å². The van der Waals surface area contributed by atoms with Crippen LogP contribution in [0.2, 0.25) is 0 Å². The molecule has 4 N–H and O–H groups in total. The van der Waals surface area contributed by atoms with Crippen molar-refractivity contribution in [2.24, 2.45) is 0 Å². The molecule has 0 radical (unpaired) electrons. The van der Waals surface area contributed by atoms with E-state index >= 15 is 0 Å². The fourth-order valence-electron chi connectivity index (χ4n) is 2.88. The minimum absolute atomic E-state index is 0.104. The molecule has 6 nitrogen and oxygen atoms in total. The molecule has 0 saturated carbocycles. The van der Waals surface area contributed by atoms with Crippen molar-refractivity contribution in [3.8, 4) is 0 Å². The number of alkyl halides is 3. The van der Waals surface area contributed by atoms with Gasteiger partial charge in [-0.15, -0.1) is 0 Å². The number of aliphatic carboxylic acids is 1. The first-order valence-corrected chi connectivity index (χ1v) is 6.87. The molecule has 1 aliphatic rings. The maximum atomic E-state index is 13.3. The third-order valence-electron chi connectivity index (χ3n) is 3.80. The molecule has 0 aromatic heterocycles. The molecule has 2 atom stereocenters. The summed E-state index contributed by atoms with van der Waals surface area (Å²) in [7, 11) is 0. The molecule has 0 amide bonds. The lowest BCUT2D eigenvalue weighted by molar-refractivity contribution is -1.02. The normalized spacial score (nSPS) is 20.0. The van der Waals surface area contributed by atoms with Crippen molar-refractivity contribution < 1.29 is 33.5 Å². The van der Waals surface area contributed by atoms with Gasteiger partial charge in [0.2, 0.25) is 0 Å². The summed E-state index contributed by atoms with van der Waals surface area (Å²) >= 11 is 0. The summed E-state index contributed by atoms with van der Waals surface area (Å²) in [5.41, 5.74) is -2.10. The van der Waals surface area contributed by atoms with Crippen LogP contribution in [0.1, 0.15) is 30.9 Å². The number of nitrogens with one attached hydrogen (secondary N) is 2. The van der Waals surface area contributed by atoms with E-state index in [1.165, 1.54) is 26.0 Å². The first-order valence-electron chi connectivity index (χ1n) is 6.87. The van der Waals surface area contributed by atoms with Crippen molar-refractivity contribution in [1.82, 2.24) is 5.32 Å². The molecular formula is C15H15F3N2O4. The largest absolute Gasteiger partial charge is 0.595 e. The third kappa shape index (κ3) is 3.14. The van der Waals surface area contributed by atoms with Gasteiger partial charge < -0.3 is 15.6 Å². The van der Waals surface area contributed by atoms with E-state index in [2.05, 4.69) is 5.32 Å². The van der Waals surface area contributed by atoms with Crippen LogP contribution in [0, 0.1) is 5.21 Å². The number of quaternary nitrogens is 1. The van der Waals surface area contributed by atoms with E-state index in [1.54, 1.807) is 0 Å². The number of allylic oxidation sites excluding steroid dienone is 3. The Balaban J connectivity index is 2.80. The molecule has 1 aromatic carbocycles. The molecule has 1 heterocycles. The van der Waals surface area contributed by atoms with E-state index in [0.717, 1.165) is 12.1 Å². The number of hydrogen-bond donors (Lipinski definition) is 4. The van der Waals surface area contributed by atoms with Crippen LogP contribution < -0.4 is 10.5 Å². The van der Waals surface area contributed by atoms with Crippen LogP contribution >= 0.6 is 0 Å². The Morgan fingerprint density at radius 3 is 2.33 bits per heavy atom. The lowest BCUT2D eigenvalue weighted by Crippen LogP contribution is -3.03. The average Bonchev–Trinajstić information content (AvgIpc) is 2.44. The number of halogens is 3. The van der Waals surface area contributed by atoms with Crippen molar-refractivity contribution >= 4 is 5.97 Å². The van der Waals surface area contributed by atoms with Crippen LogP contribution in [0.5, 0.6) is 0 Å². The minimum Gasteiger partial charge on any atom is -0.595 e. The smallest absolute Gasteiger partial charge is 0.416 e. The number of carboxylic acid groups (broad SMARTS) is 1. The molecular weight excluding hydrogens is 329 g/mol. The Hall–Kier alpha value is -2.36. The molecule has 0 fully saturated rings. The molecule has 0 aliphatic carbocycles. The SMILES string of the molecule is CC1=C(C(=O)O)C(c2ccccc2C(F)(F)F)C([NH+]([O-])O)=C(C)N1. The summed E-state index contributed by atoms with van der Waals surface area (Å²) in [4.78, 5) is 11.6. The predicted octanol–water partition coefficient (Wildman–Crippen LogP) is 1.75. The van der Waals surface area contributed by atoms with Crippen LogP contribution in [0.4, 0.5) is 13.2 Å². The number of hydroxylamine groups is 2. The molecule has 2 unspecified atom stereocenters. The second kappa shape index (κ2) is 6.27. The Morgan fingerprint density at radius 2 is 1.83 bits per heavy atom. The summed E-state index contributed by atoms with van der Waals surface area (Å²) in [6.07, 6.45) is -4.74. The zero-order chi connectivity index (χ0) is 18.2. The fraction of sp³-hybridized carbons (Fsp3) is 0.267. The Bertz CT molecular complexity index is 738. The molecule has 130 valence electrons. The Morgan fingerprint density at radius 1 is 1.25 bits per heavy atom. The number of benzene rings is 1. The van der Waals surface area contributed by atoms with Gasteiger partial charge in [0.1, 0.15) is 0 Å². The molecule has 24 heavy (non-hydrogen) atoms. The summed E-state index contributed by atoms with van der Waals surface area (Å²) in [5, 5.41) is 31.6. The van der Waals surface area contributed by atoms with Crippen molar-refractivity contribution in [2.45, 2.75) is 25.9 Å². The summed E-state index contributed by atoms with van der Waals surface area (Å²) in [6, 6.07) is 4.39. The molecule has 0 bridgehead atoms. The molecule has 1 aromatic rings. The van der Waals surface area contributed by atoms with Gasteiger partial charge in [0.25, 0.3) is 0 Å². The van der Waals surface area contributed by atoms with Gasteiger partial charge in [-0.05, 0) is 25.5 Å². The highest BCUT2D eigenvalue weighted by atomic mass is 19.4. The third-order valence-corrected chi connectivity index (χ3v) is 3.80. The van der Waals surface area contributed by atoms with Gasteiger partial charge in [-0.25, -0.2) is 10.0 Å². The molecule has 0 saturated heterocycles. The van der Waals surface area contributed by atoms with Gasteiger partial charge >= 0.3 is 12.1 Å². The Labute approximate surface area is 135 Å². The summed E-state index contributed by atoms with van der Waals surface area (Å²) in [6.45, 7) is 2.77. The number of rotatable bonds is 3. The van der Waals surface area contributed by atoms with Crippen LogP contribution in [0.25, 0.3) is 0 Å². The zero-order valence-electron chi connectivity index (χ0n) is 12.7. The van der Waals surface area contributed by atoms with Crippen molar-refractivity contribution in [1.29, 1.82) is 0 Å². The van der Waals surface area contributed by atoms with Gasteiger partial charge in [-0.2, -0.15) is 18.4 Å². The van der Waals surface area contributed by atoms with Crippen LogP contribution in [0.15, 0.2) is 46.9 Å². The maximum Gasteiger partial charge on any atom is 0.416 e. The number of dihydropyridines is 1. The lowest BCUT2D eigenvalue weighted by atomic mass is 9.81. The molecule has 2 rings (SSSR count). The quantitative estimate of drug-likeness (QED) is 0.627. The number of carboxylic acids is 1. The number of hydrogen-bond acceptors (Lipinski definition) is 4. The molecule has 1 aliphatic heterocycles. The van der Waals surface area contributed by atoms with Crippen molar-refractivity contribution in [2.75, 3.05) is 0 Å². The van der Waals surface area contributed by atoms with Crippen LogP contribution in [0.3, 0.4) is 0 Å².